The molecular weight excluding hydrogens is 224 g/mol. The van der Waals surface area contributed by atoms with E-state index in [4.69, 9.17) is 10.5 Å². The van der Waals surface area contributed by atoms with Gasteiger partial charge in [0.2, 0.25) is 0 Å². The molecule has 0 atom stereocenters. The highest BCUT2D eigenvalue weighted by atomic mass is 16.5. The predicted octanol–water partition coefficient (Wildman–Crippen LogP) is 2.05. The van der Waals surface area contributed by atoms with Crippen LogP contribution in [0.3, 0.4) is 0 Å². The average molecular weight is 248 g/mol. The van der Waals surface area contributed by atoms with E-state index < -0.39 is 0 Å². The van der Waals surface area contributed by atoms with Crippen LogP contribution in [0.15, 0.2) is 24.3 Å². The second kappa shape index (κ2) is 5.72. The van der Waals surface area contributed by atoms with Gasteiger partial charge in [0.25, 0.3) is 0 Å². The van der Waals surface area contributed by atoms with Gasteiger partial charge in [-0.25, -0.2) is 0 Å². The van der Waals surface area contributed by atoms with Crippen LogP contribution in [-0.4, -0.2) is 37.2 Å². The maximum Gasteiger partial charge on any atom is 0.119 e. The monoisotopic (exact) mass is 248 g/mol. The molecular formula is C15H24N2O. The largest absolute Gasteiger partial charge is 0.494 e. The average Bonchev–Trinajstić information content (AvgIpc) is 2.36. The van der Waals surface area contributed by atoms with Crippen LogP contribution in [0.2, 0.25) is 0 Å². The maximum absolute atomic E-state index is 6.49. The molecule has 1 aromatic carbocycles. The summed E-state index contributed by atoms with van der Waals surface area (Å²) < 4.78 is 5.45. The van der Waals surface area contributed by atoms with E-state index in [-0.39, 0.29) is 5.54 Å². The summed E-state index contributed by atoms with van der Waals surface area (Å²) in [5.41, 5.74) is 7.77. The molecule has 1 heterocycles. The van der Waals surface area contributed by atoms with Crippen molar-refractivity contribution in [2.45, 2.75) is 31.7 Å². The predicted molar refractivity (Wildman–Crippen MR) is 75.0 cm³/mol. The molecule has 0 unspecified atom stereocenters. The third-order valence-electron chi connectivity index (χ3n) is 3.77. The Balaban J connectivity index is 1.96. The lowest BCUT2D eigenvalue weighted by Gasteiger charge is -2.37. The fraction of sp³-hybridized carbons (Fsp3) is 0.600. The van der Waals surface area contributed by atoms with Gasteiger partial charge in [-0.3, -0.25) is 0 Å². The highest BCUT2D eigenvalue weighted by Crippen LogP contribution is 2.24. The van der Waals surface area contributed by atoms with Crippen LogP contribution in [0.25, 0.3) is 0 Å². The summed E-state index contributed by atoms with van der Waals surface area (Å²) in [6, 6.07) is 8.35. The molecule has 100 valence electrons. The Bertz CT molecular complexity index is 367. The third-order valence-corrected chi connectivity index (χ3v) is 3.77. The van der Waals surface area contributed by atoms with Gasteiger partial charge in [0.05, 0.1) is 6.61 Å². The molecule has 1 aliphatic heterocycles. The van der Waals surface area contributed by atoms with Crippen molar-refractivity contribution in [2.24, 2.45) is 5.73 Å². The van der Waals surface area contributed by atoms with Crippen molar-refractivity contribution in [3.8, 4) is 5.75 Å². The first kappa shape index (κ1) is 13.4. The number of rotatable bonds is 4. The lowest BCUT2D eigenvalue weighted by atomic mass is 9.83. The summed E-state index contributed by atoms with van der Waals surface area (Å²) in [5, 5.41) is 0. The minimum atomic E-state index is -0.0281. The summed E-state index contributed by atoms with van der Waals surface area (Å²) in [5.74, 6) is 0.940. The molecule has 2 N–H and O–H groups in total. The zero-order valence-corrected chi connectivity index (χ0v) is 11.5. The number of hydrogen-bond acceptors (Lipinski definition) is 3. The van der Waals surface area contributed by atoms with Crippen molar-refractivity contribution >= 4 is 0 Å². The second-order valence-electron chi connectivity index (χ2n) is 5.42. The van der Waals surface area contributed by atoms with E-state index in [0.29, 0.717) is 6.61 Å². The molecule has 1 aliphatic rings. The van der Waals surface area contributed by atoms with Gasteiger partial charge >= 0.3 is 0 Å². The first-order valence-corrected chi connectivity index (χ1v) is 6.80. The van der Waals surface area contributed by atoms with Crippen LogP contribution in [0.4, 0.5) is 0 Å². The van der Waals surface area contributed by atoms with Gasteiger partial charge in [0.15, 0.2) is 0 Å². The Kier molecular flexibility index (Phi) is 4.25. The summed E-state index contributed by atoms with van der Waals surface area (Å²) in [7, 11) is 2.16. The zero-order chi connectivity index (χ0) is 13.0. The van der Waals surface area contributed by atoms with E-state index in [0.717, 1.165) is 38.1 Å². The van der Waals surface area contributed by atoms with E-state index in [1.807, 2.05) is 19.1 Å². The smallest absolute Gasteiger partial charge is 0.119 e. The van der Waals surface area contributed by atoms with Crippen molar-refractivity contribution in [3.05, 3.63) is 29.8 Å². The van der Waals surface area contributed by atoms with Gasteiger partial charge < -0.3 is 15.4 Å². The molecule has 18 heavy (non-hydrogen) atoms. The summed E-state index contributed by atoms with van der Waals surface area (Å²) in [4.78, 5) is 2.35. The van der Waals surface area contributed by atoms with E-state index in [1.165, 1.54) is 5.56 Å². The Morgan fingerprint density at radius 3 is 2.39 bits per heavy atom. The third kappa shape index (κ3) is 3.47. The lowest BCUT2D eigenvalue weighted by Crippen LogP contribution is -2.50. The molecule has 1 saturated heterocycles. The molecule has 1 fully saturated rings. The Morgan fingerprint density at radius 1 is 1.22 bits per heavy atom. The molecule has 1 aromatic rings. The fourth-order valence-corrected chi connectivity index (χ4v) is 2.52. The Hall–Kier alpha value is -1.06. The molecule has 0 spiro atoms. The number of likely N-dealkylation sites (tertiary alicyclic amines) is 1. The topological polar surface area (TPSA) is 38.5 Å². The van der Waals surface area contributed by atoms with Gasteiger partial charge in [0, 0.05) is 5.54 Å². The molecule has 0 bridgehead atoms. The van der Waals surface area contributed by atoms with Crippen LogP contribution in [0.1, 0.15) is 25.3 Å². The van der Waals surface area contributed by atoms with Crippen molar-refractivity contribution < 1.29 is 4.74 Å². The lowest BCUT2D eigenvalue weighted by molar-refractivity contribution is 0.190. The number of piperidine rings is 1. The Morgan fingerprint density at radius 2 is 1.83 bits per heavy atom. The summed E-state index contributed by atoms with van der Waals surface area (Å²) >= 11 is 0. The van der Waals surface area contributed by atoms with Crippen molar-refractivity contribution in [1.29, 1.82) is 0 Å². The molecule has 2 rings (SSSR count). The van der Waals surface area contributed by atoms with E-state index >= 15 is 0 Å². The summed E-state index contributed by atoms with van der Waals surface area (Å²) in [6.45, 7) is 4.93. The van der Waals surface area contributed by atoms with E-state index in [2.05, 4.69) is 24.1 Å². The number of nitrogens with zero attached hydrogens (tertiary/aromatic N) is 1. The van der Waals surface area contributed by atoms with Gasteiger partial charge in [-0.05, 0) is 64.0 Å². The number of nitrogens with two attached hydrogens (primary N) is 1. The van der Waals surface area contributed by atoms with Gasteiger partial charge in [-0.2, -0.15) is 0 Å². The van der Waals surface area contributed by atoms with Crippen LogP contribution in [0.5, 0.6) is 5.75 Å². The second-order valence-corrected chi connectivity index (χ2v) is 5.42. The van der Waals surface area contributed by atoms with Crippen molar-refractivity contribution in [1.82, 2.24) is 4.90 Å². The maximum atomic E-state index is 6.49. The standard InChI is InChI=1S/C15H24N2O/c1-3-18-14-6-4-13(5-7-14)12-15(16)8-10-17(2)11-9-15/h4-7H,3,8-12,16H2,1-2H3. The molecule has 0 radical (unpaired) electrons. The SMILES string of the molecule is CCOc1ccc(CC2(N)CCN(C)CC2)cc1. The highest BCUT2D eigenvalue weighted by Gasteiger charge is 2.29. The molecule has 3 heteroatoms. The van der Waals surface area contributed by atoms with Gasteiger partial charge in [0.1, 0.15) is 5.75 Å². The zero-order valence-electron chi connectivity index (χ0n) is 11.5. The van der Waals surface area contributed by atoms with Crippen LogP contribution in [-0.2, 0) is 6.42 Å². The summed E-state index contributed by atoms with van der Waals surface area (Å²) in [6.07, 6.45) is 3.13. The van der Waals surface area contributed by atoms with Crippen LogP contribution < -0.4 is 10.5 Å². The quantitative estimate of drug-likeness (QED) is 0.886. The molecule has 0 aliphatic carbocycles. The first-order chi connectivity index (χ1) is 8.61. The molecule has 3 nitrogen and oxygen atoms in total. The molecule has 0 aromatic heterocycles. The molecule has 0 amide bonds. The normalized spacial score (nSPS) is 19.7. The minimum absolute atomic E-state index is 0.0281. The Labute approximate surface area is 110 Å². The first-order valence-electron chi connectivity index (χ1n) is 6.80. The van der Waals surface area contributed by atoms with E-state index in [1.54, 1.807) is 0 Å². The fourth-order valence-electron chi connectivity index (χ4n) is 2.52. The number of ether oxygens (including phenoxy) is 1. The number of hydrogen-bond donors (Lipinski definition) is 1. The van der Waals surface area contributed by atoms with E-state index in [9.17, 15) is 0 Å². The van der Waals surface area contributed by atoms with Gasteiger partial charge in [-0.15, -0.1) is 0 Å². The minimum Gasteiger partial charge on any atom is -0.494 e. The van der Waals surface area contributed by atoms with Gasteiger partial charge in [-0.1, -0.05) is 12.1 Å². The van der Waals surface area contributed by atoms with Crippen LogP contribution in [0, 0.1) is 0 Å². The van der Waals surface area contributed by atoms with Crippen LogP contribution >= 0.6 is 0 Å². The van der Waals surface area contributed by atoms with Crippen molar-refractivity contribution in [3.63, 3.8) is 0 Å². The number of benzene rings is 1. The van der Waals surface area contributed by atoms with Crippen molar-refractivity contribution in [2.75, 3.05) is 26.7 Å². The molecule has 0 saturated carbocycles. The highest BCUT2D eigenvalue weighted by molar-refractivity contribution is 5.28.